The van der Waals surface area contributed by atoms with Crippen molar-refractivity contribution < 1.29 is 4.74 Å². The number of nitrogens with two attached hydrogens (primary N) is 1. The molecular formula is C11H12N2O. The summed E-state index contributed by atoms with van der Waals surface area (Å²) in [6.07, 6.45) is 2.66. The summed E-state index contributed by atoms with van der Waals surface area (Å²) >= 11 is 0. The topological polar surface area (TPSA) is 59.0 Å². The Hall–Kier alpha value is -1.53. The zero-order valence-electron chi connectivity index (χ0n) is 7.86. The van der Waals surface area contributed by atoms with Gasteiger partial charge in [-0.3, -0.25) is 0 Å². The molecule has 1 saturated carbocycles. The normalized spacial score (nSPS) is 14.9. The quantitative estimate of drug-likeness (QED) is 0.783. The van der Waals surface area contributed by atoms with Gasteiger partial charge in [0.2, 0.25) is 0 Å². The second kappa shape index (κ2) is 3.69. The van der Waals surface area contributed by atoms with Crippen LogP contribution in [0.4, 0.5) is 0 Å². The molecule has 3 nitrogen and oxygen atoms in total. The van der Waals surface area contributed by atoms with Crippen LogP contribution in [0.2, 0.25) is 0 Å². The zero-order chi connectivity index (χ0) is 9.97. The SMILES string of the molecule is N#Cc1ccc(OC2CC2)cc1CN. The van der Waals surface area contributed by atoms with Crippen LogP contribution in [-0.4, -0.2) is 6.10 Å². The van der Waals surface area contributed by atoms with Crippen molar-refractivity contribution in [2.24, 2.45) is 5.73 Å². The lowest BCUT2D eigenvalue weighted by molar-refractivity contribution is 0.303. The maximum atomic E-state index is 8.79. The predicted molar refractivity (Wildman–Crippen MR) is 52.7 cm³/mol. The molecule has 0 bridgehead atoms. The van der Waals surface area contributed by atoms with E-state index in [1.54, 1.807) is 6.07 Å². The Labute approximate surface area is 83.1 Å². The van der Waals surface area contributed by atoms with Gasteiger partial charge in [-0.25, -0.2) is 0 Å². The van der Waals surface area contributed by atoms with E-state index in [1.165, 1.54) is 0 Å². The van der Waals surface area contributed by atoms with E-state index in [0.717, 1.165) is 24.2 Å². The standard InChI is InChI=1S/C11H12N2O/c12-6-8-1-2-11(5-9(8)7-13)14-10-3-4-10/h1-2,5,10H,3-4,7,13H2. The van der Waals surface area contributed by atoms with Crippen molar-refractivity contribution in [2.75, 3.05) is 0 Å². The van der Waals surface area contributed by atoms with Crippen LogP contribution >= 0.6 is 0 Å². The van der Waals surface area contributed by atoms with E-state index in [0.29, 0.717) is 18.2 Å². The molecule has 2 N–H and O–H groups in total. The third kappa shape index (κ3) is 1.86. The van der Waals surface area contributed by atoms with Crippen LogP contribution in [-0.2, 0) is 6.54 Å². The summed E-state index contributed by atoms with van der Waals surface area (Å²) in [7, 11) is 0. The molecule has 3 heteroatoms. The first-order chi connectivity index (χ1) is 6.83. The van der Waals surface area contributed by atoms with Crippen LogP contribution in [0.3, 0.4) is 0 Å². The van der Waals surface area contributed by atoms with Crippen LogP contribution in [0.25, 0.3) is 0 Å². The first kappa shape index (κ1) is 9.04. The van der Waals surface area contributed by atoms with E-state index in [9.17, 15) is 0 Å². The lowest BCUT2D eigenvalue weighted by Gasteiger charge is -2.06. The first-order valence-corrected chi connectivity index (χ1v) is 4.73. The van der Waals surface area contributed by atoms with Gasteiger partial charge in [0.15, 0.2) is 0 Å². The Balaban J connectivity index is 2.22. The predicted octanol–water partition coefficient (Wildman–Crippen LogP) is 1.56. The minimum absolute atomic E-state index is 0.380. The van der Waals surface area contributed by atoms with E-state index >= 15 is 0 Å². The van der Waals surface area contributed by atoms with Gasteiger partial charge in [-0.2, -0.15) is 5.26 Å². The fourth-order valence-corrected chi connectivity index (χ4v) is 1.30. The number of hydrogen-bond acceptors (Lipinski definition) is 3. The van der Waals surface area contributed by atoms with Gasteiger partial charge in [0, 0.05) is 6.54 Å². The van der Waals surface area contributed by atoms with Gasteiger partial charge in [0.1, 0.15) is 5.75 Å². The van der Waals surface area contributed by atoms with Crippen LogP contribution in [0.5, 0.6) is 5.75 Å². The van der Waals surface area contributed by atoms with Crippen molar-refractivity contribution in [3.8, 4) is 11.8 Å². The minimum Gasteiger partial charge on any atom is -0.490 e. The van der Waals surface area contributed by atoms with Crippen molar-refractivity contribution in [1.29, 1.82) is 5.26 Å². The monoisotopic (exact) mass is 188 g/mol. The summed E-state index contributed by atoms with van der Waals surface area (Å²) in [6.45, 7) is 0.380. The van der Waals surface area contributed by atoms with Crippen LogP contribution in [0.1, 0.15) is 24.0 Å². The summed E-state index contributed by atoms with van der Waals surface area (Å²) in [5, 5.41) is 8.79. The zero-order valence-corrected chi connectivity index (χ0v) is 7.86. The maximum absolute atomic E-state index is 8.79. The highest BCUT2D eigenvalue weighted by Crippen LogP contribution is 2.27. The number of ether oxygens (including phenoxy) is 1. The van der Waals surface area contributed by atoms with E-state index < -0.39 is 0 Å². The third-order valence-electron chi connectivity index (χ3n) is 2.24. The lowest BCUT2D eigenvalue weighted by Crippen LogP contribution is -2.02. The van der Waals surface area contributed by atoms with Crippen LogP contribution in [0.15, 0.2) is 18.2 Å². The maximum Gasteiger partial charge on any atom is 0.120 e. The molecule has 1 aliphatic carbocycles. The Kier molecular flexibility index (Phi) is 2.38. The van der Waals surface area contributed by atoms with Crippen molar-refractivity contribution in [2.45, 2.75) is 25.5 Å². The second-order valence-electron chi connectivity index (χ2n) is 3.45. The van der Waals surface area contributed by atoms with Crippen molar-refractivity contribution in [1.82, 2.24) is 0 Å². The fraction of sp³-hybridized carbons (Fsp3) is 0.364. The summed E-state index contributed by atoms with van der Waals surface area (Å²) in [5.41, 5.74) is 7.02. The van der Waals surface area contributed by atoms with E-state index in [4.69, 9.17) is 15.7 Å². The second-order valence-corrected chi connectivity index (χ2v) is 3.45. The Bertz CT molecular complexity index is 377. The molecule has 0 aromatic heterocycles. The summed E-state index contributed by atoms with van der Waals surface area (Å²) in [6, 6.07) is 7.56. The lowest BCUT2D eigenvalue weighted by atomic mass is 10.1. The summed E-state index contributed by atoms with van der Waals surface area (Å²) in [5.74, 6) is 0.826. The smallest absolute Gasteiger partial charge is 0.120 e. The molecule has 1 aromatic rings. The number of hydrogen-bond donors (Lipinski definition) is 1. The Morgan fingerprint density at radius 2 is 2.29 bits per heavy atom. The van der Waals surface area contributed by atoms with Gasteiger partial charge >= 0.3 is 0 Å². The molecule has 0 saturated heterocycles. The molecule has 72 valence electrons. The van der Waals surface area contributed by atoms with Gasteiger partial charge in [-0.1, -0.05) is 0 Å². The summed E-state index contributed by atoms with van der Waals surface area (Å²) in [4.78, 5) is 0. The van der Waals surface area contributed by atoms with Gasteiger partial charge in [0.25, 0.3) is 0 Å². The van der Waals surface area contributed by atoms with Crippen molar-refractivity contribution >= 4 is 0 Å². The third-order valence-corrected chi connectivity index (χ3v) is 2.24. The van der Waals surface area contributed by atoms with Crippen LogP contribution in [0, 0.1) is 11.3 Å². The number of nitrogens with zero attached hydrogens (tertiary/aromatic N) is 1. The van der Waals surface area contributed by atoms with Gasteiger partial charge < -0.3 is 10.5 Å². The molecule has 0 unspecified atom stereocenters. The Morgan fingerprint density at radius 1 is 1.50 bits per heavy atom. The molecule has 0 spiro atoms. The molecule has 2 rings (SSSR count). The molecule has 0 aliphatic heterocycles. The molecule has 0 radical (unpaired) electrons. The molecule has 14 heavy (non-hydrogen) atoms. The molecule has 1 fully saturated rings. The highest BCUT2D eigenvalue weighted by molar-refractivity contribution is 5.42. The first-order valence-electron chi connectivity index (χ1n) is 4.73. The van der Waals surface area contributed by atoms with Crippen LogP contribution < -0.4 is 10.5 Å². The van der Waals surface area contributed by atoms with E-state index in [2.05, 4.69) is 6.07 Å². The average molecular weight is 188 g/mol. The fourth-order valence-electron chi connectivity index (χ4n) is 1.30. The number of benzene rings is 1. The van der Waals surface area contributed by atoms with E-state index in [-0.39, 0.29) is 0 Å². The number of nitriles is 1. The highest BCUT2D eigenvalue weighted by atomic mass is 16.5. The van der Waals surface area contributed by atoms with Gasteiger partial charge in [0.05, 0.1) is 17.7 Å². The molecule has 0 amide bonds. The minimum atomic E-state index is 0.380. The molecule has 1 aromatic carbocycles. The summed E-state index contributed by atoms with van der Waals surface area (Å²) < 4.78 is 5.60. The largest absolute Gasteiger partial charge is 0.490 e. The molecular weight excluding hydrogens is 176 g/mol. The average Bonchev–Trinajstić information content (AvgIpc) is 3.01. The van der Waals surface area contributed by atoms with Crippen molar-refractivity contribution in [3.63, 3.8) is 0 Å². The Morgan fingerprint density at radius 3 is 2.86 bits per heavy atom. The molecule has 0 atom stereocenters. The van der Waals surface area contributed by atoms with Crippen molar-refractivity contribution in [3.05, 3.63) is 29.3 Å². The van der Waals surface area contributed by atoms with E-state index in [1.807, 2.05) is 12.1 Å². The highest BCUT2D eigenvalue weighted by Gasteiger charge is 2.23. The molecule has 1 aliphatic rings. The van der Waals surface area contributed by atoms with Gasteiger partial charge in [-0.15, -0.1) is 0 Å². The molecule has 0 heterocycles. The van der Waals surface area contributed by atoms with Gasteiger partial charge in [-0.05, 0) is 36.6 Å². The number of rotatable bonds is 3.